The predicted octanol–water partition coefficient (Wildman–Crippen LogP) is 3.25. The number of halogens is 1. The Labute approximate surface area is 161 Å². The zero-order chi connectivity index (χ0) is 18.2. The lowest BCUT2D eigenvalue weighted by Crippen LogP contribution is -2.26. The summed E-state index contributed by atoms with van der Waals surface area (Å²) < 4.78 is 30.4. The lowest BCUT2D eigenvalue weighted by atomic mass is 10.1. The molecular weight excluding hydrogens is 453 g/mol. The van der Waals surface area contributed by atoms with E-state index in [0.29, 0.717) is 25.4 Å². The number of rotatable bonds is 4. The number of carbonyl (C=O) groups excluding carboxylic acids is 1. The summed E-state index contributed by atoms with van der Waals surface area (Å²) in [5.74, 6) is 0.186. The number of hydrogen-bond donors (Lipinski definition) is 0. The molecule has 0 aliphatic carbocycles. The van der Waals surface area contributed by atoms with Crippen LogP contribution in [0.1, 0.15) is 28.4 Å². The second-order valence-electron chi connectivity index (χ2n) is 5.94. The van der Waals surface area contributed by atoms with Crippen LogP contribution in [0.3, 0.4) is 0 Å². The highest BCUT2D eigenvalue weighted by Crippen LogP contribution is 2.30. The molecule has 0 N–H and O–H groups in total. The van der Waals surface area contributed by atoms with Crippen LogP contribution in [0.2, 0.25) is 0 Å². The second kappa shape index (κ2) is 6.95. The van der Waals surface area contributed by atoms with Crippen molar-refractivity contribution in [3.05, 3.63) is 56.7 Å². The summed E-state index contributed by atoms with van der Waals surface area (Å²) in [6, 6.07) is 10.6. The molecule has 0 saturated heterocycles. The topological polar surface area (TPSA) is 63.7 Å². The number of benzene rings is 2. The molecule has 5 nitrogen and oxygen atoms in total. The van der Waals surface area contributed by atoms with Crippen molar-refractivity contribution in [3.8, 4) is 5.75 Å². The Morgan fingerprint density at radius 1 is 1.16 bits per heavy atom. The van der Waals surface area contributed by atoms with Crippen LogP contribution in [0.15, 0.2) is 41.3 Å². The van der Waals surface area contributed by atoms with Gasteiger partial charge in [0.2, 0.25) is 0 Å². The van der Waals surface area contributed by atoms with Crippen LogP contribution in [-0.4, -0.2) is 32.1 Å². The Morgan fingerprint density at radius 3 is 2.56 bits per heavy atom. The van der Waals surface area contributed by atoms with Crippen LogP contribution >= 0.6 is 22.6 Å². The van der Waals surface area contributed by atoms with Gasteiger partial charge in [0.05, 0.1) is 17.1 Å². The van der Waals surface area contributed by atoms with Crippen molar-refractivity contribution in [1.29, 1.82) is 0 Å². The lowest BCUT2D eigenvalue weighted by Gasteiger charge is -2.18. The minimum absolute atomic E-state index is 0.116. The molecule has 0 bridgehead atoms. The summed E-state index contributed by atoms with van der Waals surface area (Å²) in [6.45, 7) is 3.25. The maximum Gasteiger partial charge on any atom is 0.258 e. The first-order valence-electron chi connectivity index (χ1n) is 7.83. The number of carbonyl (C=O) groups is 1. The minimum Gasteiger partial charge on any atom is -0.493 e. The van der Waals surface area contributed by atoms with E-state index >= 15 is 0 Å². The van der Waals surface area contributed by atoms with E-state index in [9.17, 15) is 13.2 Å². The summed E-state index contributed by atoms with van der Waals surface area (Å²) in [7, 11) is -3.40. The van der Waals surface area contributed by atoms with E-state index in [2.05, 4.69) is 28.7 Å². The first-order valence-corrected chi connectivity index (χ1v) is 10.8. The summed E-state index contributed by atoms with van der Waals surface area (Å²) >= 11 is 2.25. The molecule has 0 spiro atoms. The van der Waals surface area contributed by atoms with Crippen molar-refractivity contribution in [3.63, 3.8) is 0 Å². The van der Waals surface area contributed by atoms with Gasteiger partial charge >= 0.3 is 0 Å². The van der Waals surface area contributed by atoms with Gasteiger partial charge in [0.1, 0.15) is 5.75 Å². The van der Waals surface area contributed by atoms with Gasteiger partial charge in [-0.05, 0) is 71.0 Å². The highest BCUT2D eigenvalue weighted by Gasteiger charge is 2.27. The molecule has 0 radical (unpaired) electrons. The van der Waals surface area contributed by atoms with E-state index < -0.39 is 9.84 Å². The number of nitrogens with zero attached hydrogens (tertiary/aromatic N) is 1. The van der Waals surface area contributed by atoms with Gasteiger partial charge in [-0.3, -0.25) is 4.79 Å². The molecule has 0 saturated carbocycles. The van der Waals surface area contributed by atoms with E-state index in [1.54, 1.807) is 11.0 Å². The molecular formula is C18H18INO4S. The number of sulfone groups is 1. The quantitative estimate of drug-likeness (QED) is 0.643. The molecule has 1 aliphatic heterocycles. The Kier molecular flexibility index (Phi) is 5.06. The van der Waals surface area contributed by atoms with Gasteiger partial charge in [-0.2, -0.15) is 0 Å². The van der Waals surface area contributed by atoms with Crippen molar-refractivity contribution >= 4 is 38.3 Å². The third kappa shape index (κ3) is 3.82. The molecule has 0 unspecified atom stereocenters. The van der Waals surface area contributed by atoms with E-state index in [1.165, 1.54) is 12.1 Å². The third-order valence-corrected chi connectivity index (χ3v) is 5.87. The highest BCUT2D eigenvalue weighted by atomic mass is 127. The van der Waals surface area contributed by atoms with E-state index in [1.807, 2.05) is 19.1 Å². The molecule has 2 aromatic carbocycles. The normalized spacial score (nSPS) is 13.6. The van der Waals surface area contributed by atoms with Gasteiger partial charge in [-0.1, -0.05) is 6.07 Å². The molecule has 0 aromatic heterocycles. The summed E-state index contributed by atoms with van der Waals surface area (Å²) in [6.07, 6.45) is 1.13. The molecule has 132 valence electrons. The van der Waals surface area contributed by atoms with Crippen molar-refractivity contribution in [1.82, 2.24) is 4.90 Å². The average Bonchev–Trinajstić information content (AvgIpc) is 2.97. The maximum atomic E-state index is 13.0. The minimum atomic E-state index is -3.40. The van der Waals surface area contributed by atoms with Crippen molar-refractivity contribution in [2.24, 2.45) is 0 Å². The lowest BCUT2D eigenvalue weighted by molar-refractivity contribution is 0.0747. The standard InChI is InChI=1S/C18H18INO4S/c1-3-24-17-7-6-15(25(2,22)23)9-16(17)18(21)20-10-12-4-5-14(19)8-13(12)11-20/h4-9H,3,10-11H2,1-2H3. The van der Waals surface area contributed by atoms with Crippen LogP contribution in [0.5, 0.6) is 5.75 Å². The molecule has 7 heteroatoms. The van der Waals surface area contributed by atoms with E-state index in [-0.39, 0.29) is 16.4 Å². The van der Waals surface area contributed by atoms with E-state index in [4.69, 9.17) is 4.74 Å². The Balaban J connectivity index is 1.96. The number of amides is 1. The Morgan fingerprint density at radius 2 is 1.88 bits per heavy atom. The largest absolute Gasteiger partial charge is 0.493 e. The van der Waals surface area contributed by atoms with Crippen molar-refractivity contribution in [2.75, 3.05) is 12.9 Å². The van der Waals surface area contributed by atoms with Gasteiger partial charge in [0.15, 0.2) is 9.84 Å². The monoisotopic (exact) mass is 471 g/mol. The fourth-order valence-corrected chi connectivity index (χ4v) is 4.07. The molecule has 3 rings (SSSR count). The fraction of sp³-hybridized carbons (Fsp3) is 0.278. The number of ether oxygens (including phenoxy) is 1. The zero-order valence-corrected chi connectivity index (χ0v) is 16.9. The molecule has 1 heterocycles. The van der Waals surface area contributed by atoms with Crippen LogP contribution in [0.4, 0.5) is 0 Å². The first-order chi connectivity index (χ1) is 11.8. The van der Waals surface area contributed by atoms with Crippen LogP contribution in [0.25, 0.3) is 0 Å². The summed E-state index contributed by atoms with van der Waals surface area (Å²) in [5.41, 5.74) is 2.52. The zero-order valence-electron chi connectivity index (χ0n) is 14.0. The number of fused-ring (bicyclic) bond motifs is 1. The first kappa shape index (κ1) is 18.2. The molecule has 1 amide bonds. The predicted molar refractivity (Wildman–Crippen MR) is 103 cm³/mol. The fourth-order valence-electron chi connectivity index (χ4n) is 2.87. The second-order valence-corrected chi connectivity index (χ2v) is 9.20. The average molecular weight is 471 g/mol. The molecule has 25 heavy (non-hydrogen) atoms. The summed E-state index contributed by atoms with van der Waals surface area (Å²) in [5, 5.41) is 0. The highest BCUT2D eigenvalue weighted by molar-refractivity contribution is 14.1. The summed E-state index contributed by atoms with van der Waals surface area (Å²) in [4.78, 5) is 14.9. The SMILES string of the molecule is CCOc1ccc(S(C)(=O)=O)cc1C(=O)N1Cc2ccc(I)cc2C1. The van der Waals surface area contributed by atoms with Crippen LogP contribution < -0.4 is 4.74 Å². The van der Waals surface area contributed by atoms with Gasteiger partial charge < -0.3 is 9.64 Å². The molecule has 0 atom stereocenters. The molecule has 1 aliphatic rings. The third-order valence-electron chi connectivity index (χ3n) is 4.09. The molecule has 0 fully saturated rings. The maximum absolute atomic E-state index is 13.0. The van der Waals surface area contributed by atoms with Crippen molar-refractivity contribution in [2.45, 2.75) is 24.9 Å². The van der Waals surface area contributed by atoms with Crippen molar-refractivity contribution < 1.29 is 17.9 Å². The van der Waals surface area contributed by atoms with Gasteiger partial charge in [0.25, 0.3) is 5.91 Å². The van der Waals surface area contributed by atoms with Gasteiger partial charge in [0, 0.05) is 22.9 Å². The van der Waals surface area contributed by atoms with Gasteiger partial charge in [-0.15, -0.1) is 0 Å². The van der Waals surface area contributed by atoms with E-state index in [0.717, 1.165) is 21.0 Å². The van der Waals surface area contributed by atoms with Crippen LogP contribution in [-0.2, 0) is 22.9 Å². The smallest absolute Gasteiger partial charge is 0.258 e. The van der Waals surface area contributed by atoms with Gasteiger partial charge in [-0.25, -0.2) is 8.42 Å². The Bertz CT molecular complexity index is 940. The Hall–Kier alpha value is -1.61. The van der Waals surface area contributed by atoms with Crippen LogP contribution in [0, 0.1) is 3.57 Å². The molecule has 2 aromatic rings. The number of hydrogen-bond acceptors (Lipinski definition) is 4.